The predicted molar refractivity (Wildman–Crippen MR) is 79.8 cm³/mol. The first-order chi connectivity index (χ1) is 9.95. The molecule has 0 fully saturated rings. The molecule has 4 nitrogen and oxygen atoms in total. The summed E-state index contributed by atoms with van der Waals surface area (Å²) in [4.78, 5) is 17.4. The van der Waals surface area contributed by atoms with E-state index in [4.69, 9.17) is 0 Å². The molecule has 0 spiro atoms. The van der Waals surface area contributed by atoms with Crippen molar-refractivity contribution in [2.75, 3.05) is 11.4 Å². The molecule has 0 aliphatic carbocycles. The van der Waals surface area contributed by atoms with E-state index >= 15 is 0 Å². The molecular weight excluding hydrogens is 271 g/mol. The molecule has 1 aromatic heterocycles. The molecule has 0 saturated carbocycles. The number of carbonyl (C=O) groups is 1. The molecule has 0 aliphatic rings. The molecule has 1 N–H and O–H groups in total. The lowest BCUT2D eigenvalue weighted by Gasteiger charge is -2.25. The number of benzene rings is 1. The maximum absolute atomic E-state index is 14.0. The van der Waals surface area contributed by atoms with Crippen LogP contribution < -0.4 is 4.90 Å². The first kappa shape index (κ1) is 15.0. The van der Waals surface area contributed by atoms with Crippen molar-refractivity contribution in [2.45, 2.75) is 20.8 Å². The van der Waals surface area contributed by atoms with E-state index in [-0.39, 0.29) is 11.4 Å². The van der Waals surface area contributed by atoms with Crippen molar-refractivity contribution in [3.8, 4) is 0 Å². The zero-order valence-electron chi connectivity index (χ0n) is 12.2. The van der Waals surface area contributed by atoms with Crippen molar-refractivity contribution >= 4 is 17.5 Å². The van der Waals surface area contributed by atoms with E-state index in [9.17, 15) is 14.3 Å². The Bertz CT molecular complexity index is 686. The topological polar surface area (TPSA) is 53.4 Å². The largest absolute Gasteiger partial charge is 0.478 e. The molecule has 0 aliphatic heterocycles. The van der Waals surface area contributed by atoms with Crippen molar-refractivity contribution in [3.63, 3.8) is 0 Å². The molecule has 110 valence electrons. The van der Waals surface area contributed by atoms with Gasteiger partial charge in [-0.2, -0.15) is 0 Å². The number of pyridine rings is 1. The number of nitrogens with zero attached hydrogens (tertiary/aromatic N) is 2. The van der Waals surface area contributed by atoms with Crippen LogP contribution in [0.3, 0.4) is 0 Å². The summed E-state index contributed by atoms with van der Waals surface area (Å²) in [7, 11) is 0. The molecule has 2 rings (SSSR count). The van der Waals surface area contributed by atoms with Crippen LogP contribution in [0, 0.1) is 19.7 Å². The highest BCUT2D eigenvalue weighted by Crippen LogP contribution is 2.30. The minimum absolute atomic E-state index is 0.103. The Morgan fingerprint density at radius 3 is 2.57 bits per heavy atom. The number of carboxylic acid groups (broad SMARTS) is 1. The van der Waals surface area contributed by atoms with Gasteiger partial charge in [-0.3, -0.25) is 0 Å². The number of hydrogen-bond acceptors (Lipinski definition) is 3. The van der Waals surface area contributed by atoms with E-state index in [0.717, 1.165) is 0 Å². The number of halogens is 1. The number of anilines is 2. The van der Waals surface area contributed by atoms with Gasteiger partial charge in [-0.15, -0.1) is 0 Å². The van der Waals surface area contributed by atoms with Crippen LogP contribution >= 0.6 is 0 Å². The molecule has 21 heavy (non-hydrogen) atoms. The van der Waals surface area contributed by atoms with Crippen LogP contribution in [-0.4, -0.2) is 22.6 Å². The SMILES string of the molecule is CCN(c1ccccc1F)c1nc(C)cc(C)c1C(=O)O. The zero-order valence-corrected chi connectivity index (χ0v) is 12.2. The van der Waals surface area contributed by atoms with Gasteiger partial charge in [-0.1, -0.05) is 12.1 Å². The first-order valence-corrected chi connectivity index (χ1v) is 6.69. The second kappa shape index (κ2) is 5.91. The highest BCUT2D eigenvalue weighted by molar-refractivity contribution is 5.96. The van der Waals surface area contributed by atoms with Crippen molar-refractivity contribution in [1.82, 2.24) is 4.98 Å². The van der Waals surface area contributed by atoms with Crippen LogP contribution in [0.25, 0.3) is 0 Å². The number of rotatable bonds is 4. The number of carboxylic acids is 1. The van der Waals surface area contributed by atoms with Gasteiger partial charge in [-0.05, 0) is 44.5 Å². The lowest BCUT2D eigenvalue weighted by atomic mass is 10.1. The van der Waals surface area contributed by atoms with Gasteiger partial charge in [0.1, 0.15) is 17.2 Å². The fourth-order valence-corrected chi connectivity index (χ4v) is 2.38. The maximum atomic E-state index is 14.0. The molecule has 0 bridgehead atoms. The number of aryl methyl sites for hydroxylation is 2. The summed E-state index contributed by atoms with van der Waals surface area (Å²) in [5, 5.41) is 9.44. The minimum Gasteiger partial charge on any atom is -0.478 e. The van der Waals surface area contributed by atoms with E-state index in [2.05, 4.69) is 4.98 Å². The molecule has 1 aromatic carbocycles. The Hall–Kier alpha value is -2.43. The molecule has 0 radical (unpaired) electrons. The summed E-state index contributed by atoms with van der Waals surface area (Å²) >= 11 is 0. The smallest absolute Gasteiger partial charge is 0.339 e. The average Bonchev–Trinajstić information content (AvgIpc) is 2.40. The fraction of sp³-hybridized carbons (Fsp3) is 0.250. The van der Waals surface area contributed by atoms with E-state index < -0.39 is 11.8 Å². The van der Waals surface area contributed by atoms with Crippen molar-refractivity contribution in [1.29, 1.82) is 0 Å². The second-order valence-corrected chi connectivity index (χ2v) is 4.78. The molecule has 2 aromatic rings. The van der Waals surface area contributed by atoms with Crippen molar-refractivity contribution in [3.05, 3.63) is 53.0 Å². The molecule has 0 atom stereocenters. The van der Waals surface area contributed by atoms with Crippen molar-refractivity contribution < 1.29 is 14.3 Å². The van der Waals surface area contributed by atoms with Gasteiger partial charge in [-0.25, -0.2) is 14.2 Å². The summed E-state index contributed by atoms with van der Waals surface area (Å²) in [6, 6.07) is 7.98. The summed E-state index contributed by atoms with van der Waals surface area (Å²) in [6.07, 6.45) is 0. The van der Waals surface area contributed by atoms with Crippen LogP contribution in [0.1, 0.15) is 28.5 Å². The van der Waals surface area contributed by atoms with E-state index in [1.807, 2.05) is 6.92 Å². The highest BCUT2D eigenvalue weighted by atomic mass is 19.1. The number of aromatic nitrogens is 1. The Balaban J connectivity index is 2.68. The van der Waals surface area contributed by atoms with Gasteiger partial charge in [0.25, 0.3) is 0 Å². The summed E-state index contributed by atoms with van der Waals surface area (Å²) in [5.41, 5.74) is 1.73. The summed E-state index contributed by atoms with van der Waals surface area (Å²) in [5.74, 6) is -1.20. The molecule has 5 heteroatoms. The Kier molecular flexibility index (Phi) is 4.21. The standard InChI is InChI=1S/C16H17FN2O2/c1-4-19(13-8-6-5-7-12(13)17)15-14(16(20)21)10(2)9-11(3)18-15/h5-9H,4H2,1-3H3,(H,20,21). The maximum Gasteiger partial charge on any atom is 0.339 e. The quantitative estimate of drug-likeness (QED) is 0.932. The first-order valence-electron chi connectivity index (χ1n) is 6.69. The van der Waals surface area contributed by atoms with Crippen LogP contribution in [0.5, 0.6) is 0 Å². The summed E-state index contributed by atoms with van der Waals surface area (Å²) < 4.78 is 14.0. The third kappa shape index (κ3) is 2.86. The average molecular weight is 288 g/mol. The van der Waals surface area contributed by atoms with E-state index in [1.165, 1.54) is 6.07 Å². The number of aromatic carboxylic acids is 1. The van der Waals surface area contributed by atoms with E-state index in [0.29, 0.717) is 23.5 Å². The van der Waals surface area contributed by atoms with Crippen LogP contribution in [-0.2, 0) is 0 Å². The van der Waals surface area contributed by atoms with Crippen LogP contribution in [0.15, 0.2) is 30.3 Å². The second-order valence-electron chi connectivity index (χ2n) is 4.78. The lowest BCUT2D eigenvalue weighted by Crippen LogP contribution is -2.22. The van der Waals surface area contributed by atoms with Crippen molar-refractivity contribution in [2.24, 2.45) is 0 Å². The fourth-order valence-electron chi connectivity index (χ4n) is 2.38. The predicted octanol–water partition coefficient (Wildman–Crippen LogP) is 3.69. The van der Waals surface area contributed by atoms with Gasteiger partial charge < -0.3 is 10.0 Å². The molecule has 0 saturated heterocycles. The van der Waals surface area contributed by atoms with Gasteiger partial charge in [0.15, 0.2) is 0 Å². The van der Waals surface area contributed by atoms with Gasteiger partial charge in [0.05, 0.1) is 5.69 Å². The van der Waals surface area contributed by atoms with Gasteiger partial charge in [0.2, 0.25) is 0 Å². The third-order valence-electron chi connectivity index (χ3n) is 3.25. The number of hydrogen-bond donors (Lipinski definition) is 1. The highest BCUT2D eigenvalue weighted by Gasteiger charge is 2.22. The van der Waals surface area contributed by atoms with E-state index in [1.54, 1.807) is 43.0 Å². The Morgan fingerprint density at radius 2 is 2.00 bits per heavy atom. The zero-order chi connectivity index (χ0) is 15.6. The third-order valence-corrected chi connectivity index (χ3v) is 3.25. The number of para-hydroxylation sites is 1. The molecular formula is C16H17FN2O2. The monoisotopic (exact) mass is 288 g/mol. The Labute approximate surface area is 122 Å². The van der Waals surface area contributed by atoms with Gasteiger partial charge in [0, 0.05) is 12.2 Å². The van der Waals surface area contributed by atoms with Crippen LogP contribution in [0.4, 0.5) is 15.9 Å². The molecule has 0 amide bonds. The Morgan fingerprint density at radius 1 is 1.33 bits per heavy atom. The summed E-state index contributed by atoms with van der Waals surface area (Å²) in [6.45, 7) is 5.75. The normalized spacial score (nSPS) is 10.5. The van der Waals surface area contributed by atoms with Crippen LogP contribution in [0.2, 0.25) is 0 Å². The molecule has 1 heterocycles. The van der Waals surface area contributed by atoms with Gasteiger partial charge >= 0.3 is 5.97 Å². The molecule has 0 unspecified atom stereocenters. The minimum atomic E-state index is -1.07. The lowest BCUT2D eigenvalue weighted by molar-refractivity contribution is 0.0696.